The molecule has 0 amide bonds. The molecule has 2 rings (SSSR count). The molecule has 1 N–H and O–H groups in total. The van der Waals surface area contributed by atoms with E-state index in [-0.39, 0.29) is 5.56 Å². The average Bonchev–Trinajstić information content (AvgIpc) is 2.70. The van der Waals surface area contributed by atoms with Crippen molar-refractivity contribution in [2.45, 2.75) is 19.9 Å². The Hall–Kier alpha value is -2.04. The Labute approximate surface area is 98.6 Å². The molecule has 1 aromatic carbocycles. The Kier molecular flexibility index (Phi) is 2.75. The van der Waals surface area contributed by atoms with Crippen molar-refractivity contribution in [3.05, 3.63) is 23.8 Å². The monoisotopic (exact) mass is 234 g/mol. The zero-order chi connectivity index (χ0) is 12.6. The number of aromatic nitrogens is 1. The molecule has 0 aliphatic carbocycles. The van der Waals surface area contributed by atoms with Crippen LogP contribution >= 0.6 is 0 Å². The Morgan fingerprint density at radius 3 is 2.76 bits per heavy atom. The zero-order valence-electron chi connectivity index (χ0n) is 9.97. The van der Waals surface area contributed by atoms with Gasteiger partial charge in [-0.15, -0.1) is 0 Å². The van der Waals surface area contributed by atoms with Crippen LogP contribution in [0.1, 0.15) is 24.2 Å². The van der Waals surface area contributed by atoms with Gasteiger partial charge in [0.25, 0.3) is 0 Å². The van der Waals surface area contributed by atoms with Crippen LogP contribution in [-0.2, 0) is 0 Å². The Bertz CT molecular complexity index is 560. The average molecular weight is 234 g/mol. The molecule has 17 heavy (non-hydrogen) atoms. The number of hydrogen-bond acceptors (Lipinski definition) is 4. The molecule has 5 heteroatoms. The summed E-state index contributed by atoms with van der Waals surface area (Å²) in [4.78, 5) is 12.8. The van der Waals surface area contributed by atoms with Crippen molar-refractivity contribution in [2.24, 2.45) is 0 Å². The number of anilines is 1. The second-order valence-corrected chi connectivity index (χ2v) is 4.23. The molecule has 2 aromatic rings. The summed E-state index contributed by atoms with van der Waals surface area (Å²) in [6.07, 6.45) is 0. The second-order valence-electron chi connectivity index (χ2n) is 4.23. The SMILES string of the molecule is CC(C)N(C)c1noc2cc(C(=O)O)ccc12. The molecule has 0 radical (unpaired) electrons. The van der Waals surface area contributed by atoms with Crippen LogP contribution < -0.4 is 4.90 Å². The first-order valence-corrected chi connectivity index (χ1v) is 5.36. The van der Waals surface area contributed by atoms with Gasteiger partial charge in [-0.25, -0.2) is 4.79 Å². The van der Waals surface area contributed by atoms with E-state index in [0.29, 0.717) is 11.6 Å². The minimum Gasteiger partial charge on any atom is -0.478 e. The number of hydrogen-bond donors (Lipinski definition) is 1. The molecule has 0 unspecified atom stereocenters. The van der Waals surface area contributed by atoms with E-state index in [4.69, 9.17) is 9.63 Å². The summed E-state index contributed by atoms with van der Waals surface area (Å²) in [7, 11) is 1.92. The molecular weight excluding hydrogens is 220 g/mol. The largest absolute Gasteiger partial charge is 0.478 e. The third-order valence-electron chi connectivity index (χ3n) is 2.81. The standard InChI is InChI=1S/C12H14N2O3/c1-7(2)14(3)11-9-5-4-8(12(15)16)6-10(9)17-13-11/h4-7H,1-3H3,(H,15,16). The van der Waals surface area contributed by atoms with Crippen molar-refractivity contribution in [3.8, 4) is 0 Å². The van der Waals surface area contributed by atoms with E-state index in [1.54, 1.807) is 12.1 Å². The van der Waals surface area contributed by atoms with Gasteiger partial charge < -0.3 is 14.5 Å². The molecule has 0 atom stereocenters. The first-order valence-electron chi connectivity index (χ1n) is 5.36. The van der Waals surface area contributed by atoms with Crippen LogP contribution in [0.4, 0.5) is 5.82 Å². The summed E-state index contributed by atoms with van der Waals surface area (Å²) >= 11 is 0. The molecule has 1 heterocycles. The Morgan fingerprint density at radius 2 is 2.18 bits per heavy atom. The van der Waals surface area contributed by atoms with Crippen LogP contribution in [-0.4, -0.2) is 29.3 Å². The topological polar surface area (TPSA) is 66.6 Å². The quantitative estimate of drug-likeness (QED) is 0.883. The van der Waals surface area contributed by atoms with Crippen molar-refractivity contribution >= 4 is 22.8 Å². The smallest absolute Gasteiger partial charge is 0.335 e. The first-order chi connectivity index (χ1) is 8.00. The molecule has 5 nitrogen and oxygen atoms in total. The maximum Gasteiger partial charge on any atom is 0.335 e. The fraction of sp³-hybridized carbons (Fsp3) is 0.333. The highest BCUT2D eigenvalue weighted by Crippen LogP contribution is 2.27. The summed E-state index contributed by atoms with van der Waals surface area (Å²) < 4.78 is 5.16. The summed E-state index contributed by atoms with van der Waals surface area (Å²) in [6.45, 7) is 4.10. The number of benzene rings is 1. The predicted molar refractivity (Wildman–Crippen MR) is 64.5 cm³/mol. The summed E-state index contributed by atoms with van der Waals surface area (Å²) in [5.41, 5.74) is 0.694. The van der Waals surface area contributed by atoms with Crippen LogP contribution in [0.15, 0.2) is 22.7 Å². The maximum atomic E-state index is 10.8. The first kappa shape index (κ1) is 11.4. The van der Waals surface area contributed by atoms with Gasteiger partial charge in [-0.05, 0) is 32.0 Å². The van der Waals surface area contributed by atoms with Gasteiger partial charge in [0.2, 0.25) is 0 Å². The Morgan fingerprint density at radius 1 is 1.47 bits per heavy atom. The van der Waals surface area contributed by atoms with E-state index in [9.17, 15) is 4.79 Å². The zero-order valence-corrected chi connectivity index (χ0v) is 9.97. The van der Waals surface area contributed by atoms with Gasteiger partial charge in [0.1, 0.15) is 0 Å². The highest BCUT2D eigenvalue weighted by atomic mass is 16.5. The minimum absolute atomic E-state index is 0.201. The number of carbonyl (C=O) groups is 1. The van der Waals surface area contributed by atoms with Crippen LogP contribution in [0.2, 0.25) is 0 Å². The fourth-order valence-electron chi connectivity index (χ4n) is 1.56. The summed E-state index contributed by atoms with van der Waals surface area (Å²) in [5, 5.41) is 13.7. The fourth-order valence-corrected chi connectivity index (χ4v) is 1.56. The second kappa shape index (κ2) is 4.08. The third-order valence-corrected chi connectivity index (χ3v) is 2.81. The van der Waals surface area contributed by atoms with E-state index in [2.05, 4.69) is 5.16 Å². The lowest BCUT2D eigenvalue weighted by molar-refractivity contribution is 0.0697. The molecule has 1 aromatic heterocycles. The number of carboxylic acids is 1. The van der Waals surface area contributed by atoms with Gasteiger partial charge in [-0.1, -0.05) is 5.16 Å². The van der Waals surface area contributed by atoms with Crippen molar-refractivity contribution in [3.63, 3.8) is 0 Å². The molecule has 0 aliphatic heterocycles. The van der Waals surface area contributed by atoms with Gasteiger partial charge in [0.05, 0.1) is 10.9 Å². The summed E-state index contributed by atoms with van der Waals surface area (Å²) in [5.74, 6) is -0.242. The van der Waals surface area contributed by atoms with E-state index in [1.807, 2.05) is 25.8 Å². The van der Waals surface area contributed by atoms with Gasteiger partial charge in [-0.3, -0.25) is 0 Å². The molecule has 0 fully saturated rings. The van der Waals surface area contributed by atoms with Gasteiger partial charge >= 0.3 is 5.97 Å². The number of carboxylic acid groups (broad SMARTS) is 1. The molecule has 0 spiro atoms. The molecule has 0 bridgehead atoms. The lowest BCUT2D eigenvalue weighted by Crippen LogP contribution is -2.25. The van der Waals surface area contributed by atoms with Gasteiger partial charge in [0.15, 0.2) is 11.4 Å². The normalized spacial score (nSPS) is 11.1. The predicted octanol–water partition coefficient (Wildman–Crippen LogP) is 2.37. The van der Waals surface area contributed by atoms with E-state index < -0.39 is 5.97 Å². The van der Waals surface area contributed by atoms with Crippen molar-refractivity contribution in [1.29, 1.82) is 0 Å². The van der Waals surface area contributed by atoms with Gasteiger partial charge in [-0.2, -0.15) is 0 Å². The highest BCUT2D eigenvalue weighted by Gasteiger charge is 2.15. The minimum atomic E-state index is -0.970. The van der Waals surface area contributed by atoms with Crippen molar-refractivity contribution < 1.29 is 14.4 Å². The molecule has 0 saturated carbocycles. The number of rotatable bonds is 3. The van der Waals surface area contributed by atoms with Crippen LogP contribution in [0, 0.1) is 0 Å². The van der Waals surface area contributed by atoms with Crippen molar-refractivity contribution in [1.82, 2.24) is 5.16 Å². The molecule has 90 valence electrons. The van der Waals surface area contributed by atoms with Crippen LogP contribution in [0.5, 0.6) is 0 Å². The van der Waals surface area contributed by atoms with Crippen LogP contribution in [0.3, 0.4) is 0 Å². The summed E-state index contributed by atoms with van der Waals surface area (Å²) in [6, 6.07) is 5.06. The van der Waals surface area contributed by atoms with Gasteiger partial charge in [0, 0.05) is 13.1 Å². The number of aromatic carboxylic acids is 1. The van der Waals surface area contributed by atoms with Crippen molar-refractivity contribution in [2.75, 3.05) is 11.9 Å². The maximum absolute atomic E-state index is 10.8. The number of fused-ring (bicyclic) bond motifs is 1. The highest BCUT2D eigenvalue weighted by molar-refractivity contribution is 5.96. The lowest BCUT2D eigenvalue weighted by atomic mass is 10.1. The van der Waals surface area contributed by atoms with E-state index >= 15 is 0 Å². The molecular formula is C12H14N2O3. The lowest BCUT2D eigenvalue weighted by Gasteiger charge is -2.20. The molecule has 0 aliphatic rings. The number of nitrogens with zero attached hydrogens (tertiary/aromatic N) is 2. The Balaban J connectivity index is 2.52. The van der Waals surface area contributed by atoms with Crippen LogP contribution in [0.25, 0.3) is 11.0 Å². The third kappa shape index (κ3) is 1.95. The van der Waals surface area contributed by atoms with E-state index in [0.717, 1.165) is 11.2 Å². The van der Waals surface area contributed by atoms with E-state index in [1.165, 1.54) is 6.07 Å². The molecule has 0 saturated heterocycles.